The van der Waals surface area contributed by atoms with Crippen molar-refractivity contribution < 1.29 is 4.74 Å². The Morgan fingerprint density at radius 2 is 2.19 bits per heavy atom. The molecular formula is C12H12BrNOS. The molecule has 0 atom stereocenters. The lowest BCUT2D eigenvalue weighted by Crippen LogP contribution is -1.91. The molecule has 0 radical (unpaired) electrons. The van der Waals surface area contributed by atoms with E-state index in [0.717, 1.165) is 21.6 Å². The zero-order chi connectivity index (χ0) is 11.4. The Kier molecular flexibility index (Phi) is 4.09. The highest BCUT2D eigenvalue weighted by Gasteiger charge is 2.05. The average Bonchev–Trinajstić information content (AvgIpc) is 2.70. The van der Waals surface area contributed by atoms with Crippen molar-refractivity contribution in [2.75, 3.05) is 7.11 Å². The molecule has 0 aliphatic carbocycles. The fraction of sp³-hybridized carbons (Fsp3) is 0.250. The number of thiazole rings is 1. The maximum Gasteiger partial charge on any atom is 0.0973 e. The molecule has 0 fully saturated rings. The predicted octanol–water partition coefficient (Wildman–Crippen LogP) is 3.64. The molecule has 0 aliphatic heterocycles. The second kappa shape index (κ2) is 5.57. The van der Waals surface area contributed by atoms with Crippen molar-refractivity contribution >= 4 is 27.3 Å². The lowest BCUT2D eigenvalue weighted by molar-refractivity contribution is 0.182. The highest BCUT2D eigenvalue weighted by Crippen LogP contribution is 2.21. The summed E-state index contributed by atoms with van der Waals surface area (Å²) in [6.07, 6.45) is 0.871. The Bertz CT molecular complexity index is 470. The summed E-state index contributed by atoms with van der Waals surface area (Å²) in [4.78, 5) is 4.51. The van der Waals surface area contributed by atoms with Crippen molar-refractivity contribution in [1.82, 2.24) is 4.98 Å². The highest BCUT2D eigenvalue weighted by molar-refractivity contribution is 9.10. The molecule has 2 rings (SSSR count). The van der Waals surface area contributed by atoms with Gasteiger partial charge >= 0.3 is 0 Å². The van der Waals surface area contributed by atoms with E-state index in [0.29, 0.717) is 6.61 Å². The van der Waals surface area contributed by atoms with Gasteiger partial charge in [0.1, 0.15) is 0 Å². The van der Waals surface area contributed by atoms with Gasteiger partial charge in [0, 0.05) is 23.4 Å². The molecule has 4 heteroatoms. The monoisotopic (exact) mass is 297 g/mol. The zero-order valence-corrected chi connectivity index (χ0v) is 11.3. The van der Waals surface area contributed by atoms with Crippen molar-refractivity contribution in [1.29, 1.82) is 0 Å². The van der Waals surface area contributed by atoms with E-state index in [1.165, 1.54) is 5.56 Å². The van der Waals surface area contributed by atoms with Crippen LogP contribution in [0.15, 0.2) is 34.1 Å². The maximum atomic E-state index is 5.05. The minimum absolute atomic E-state index is 0.590. The van der Waals surface area contributed by atoms with Gasteiger partial charge in [0.2, 0.25) is 0 Å². The Hall–Kier alpha value is -0.710. The van der Waals surface area contributed by atoms with Gasteiger partial charge in [-0.25, -0.2) is 4.98 Å². The summed E-state index contributed by atoms with van der Waals surface area (Å²) < 4.78 is 6.19. The molecule has 0 aliphatic rings. The first-order valence-corrected chi connectivity index (χ1v) is 6.62. The summed E-state index contributed by atoms with van der Waals surface area (Å²) >= 11 is 5.22. The van der Waals surface area contributed by atoms with Crippen LogP contribution in [0.25, 0.3) is 0 Å². The third-order valence-electron chi connectivity index (χ3n) is 2.19. The number of aromatic nitrogens is 1. The molecule has 84 valence electrons. The molecule has 0 amide bonds. The second-order valence-electron chi connectivity index (χ2n) is 3.43. The van der Waals surface area contributed by atoms with Crippen molar-refractivity contribution in [2.24, 2.45) is 0 Å². The van der Waals surface area contributed by atoms with Crippen molar-refractivity contribution in [2.45, 2.75) is 13.0 Å². The Morgan fingerprint density at radius 1 is 1.38 bits per heavy atom. The lowest BCUT2D eigenvalue weighted by atomic mass is 10.2. The van der Waals surface area contributed by atoms with E-state index in [-0.39, 0.29) is 0 Å². The number of rotatable bonds is 4. The summed E-state index contributed by atoms with van der Waals surface area (Å²) in [6, 6.07) is 8.23. The second-order valence-corrected chi connectivity index (χ2v) is 5.23. The van der Waals surface area contributed by atoms with Gasteiger partial charge in [0.15, 0.2) is 0 Å². The van der Waals surface area contributed by atoms with Gasteiger partial charge in [0.25, 0.3) is 0 Å². The van der Waals surface area contributed by atoms with Gasteiger partial charge < -0.3 is 4.74 Å². The fourth-order valence-corrected chi connectivity index (χ4v) is 2.68. The van der Waals surface area contributed by atoms with Crippen molar-refractivity contribution in [3.8, 4) is 0 Å². The van der Waals surface area contributed by atoms with Crippen LogP contribution in [-0.2, 0) is 17.8 Å². The molecule has 0 spiro atoms. The van der Waals surface area contributed by atoms with E-state index in [4.69, 9.17) is 4.74 Å². The molecule has 0 bridgehead atoms. The van der Waals surface area contributed by atoms with Crippen LogP contribution in [0.5, 0.6) is 0 Å². The minimum atomic E-state index is 0.590. The standard InChI is InChI=1S/C12H12BrNOS/c1-15-7-10-8-16-12(14-10)6-9-4-2-3-5-11(9)13/h2-5,8H,6-7H2,1H3. The van der Waals surface area contributed by atoms with E-state index in [9.17, 15) is 0 Å². The van der Waals surface area contributed by atoms with E-state index in [1.807, 2.05) is 12.1 Å². The summed E-state index contributed by atoms with van der Waals surface area (Å²) in [5, 5.41) is 3.18. The van der Waals surface area contributed by atoms with Gasteiger partial charge in [-0.05, 0) is 11.6 Å². The molecule has 16 heavy (non-hydrogen) atoms. The molecule has 2 aromatic rings. The zero-order valence-electron chi connectivity index (χ0n) is 8.94. The highest BCUT2D eigenvalue weighted by atomic mass is 79.9. The summed E-state index contributed by atoms with van der Waals surface area (Å²) in [5.41, 5.74) is 2.27. The first kappa shape index (κ1) is 11.8. The molecule has 1 aromatic heterocycles. The Labute approximate surface area is 107 Å². The van der Waals surface area contributed by atoms with Crippen molar-refractivity contribution in [3.05, 3.63) is 50.4 Å². The van der Waals surface area contributed by atoms with E-state index < -0.39 is 0 Å². The van der Waals surface area contributed by atoms with Gasteiger partial charge in [-0.3, -0.25) is 0 Å². The lowest BCUT2D eigenvalue weighted by Gasteiger charge is -2.00. The summed E-state index contributed by atoms with van der Waals surface area (Å²) in [6.45, 7) is 0.590. The van der Waals surface area contributed by atoms with E-state index >= 15 is 0 Å². The number of hydrogen-bond acceptors (Lipinski definition) is 3. The first-order chi connectivity index (χ1) is 7.79. The smallest absolute Gasteiger partial charge is 0.0973 e. The molecule has 2 nitrogen and oxygen atoms in total. The summed E-state index contributed by atoms with van der Waals surface area (Å²) in [5.74, 6) is 0. The number of benzene rings is 1. The number of hydrogen-bond donors (Lipinski definition) is 0. The minimum Gasteiger partial charge on any atom is -0.378 e. The van der Waals surface area contributed by atoms with Crippen LogP contribution in [0.2, 0.25) is 0 Å². The van der Waals surface area contributed by atoms with E-state index in [1.54, 1.807) is 18.4 Å². The summed E-state index contributed by atoms with van der Waals surface area (Å²) in [7, 11) is 1.69. The molecule has 1 aromatic carbocycles. The first-order valence-electron chi connectivity index (χ1n) is 4.95. The molecule has 0 unspecified atom stereocenters. The van der Waals surface area contributed by atoms with Crippen LogP contribution in [0.3, 0.4) is 0 Å². The molecule has 0 saturated heterocycles. The van der Waals surface area contributed by atoms with Crippen LogP contribution in [-0.4, -0.2) is 12.1 Å². The number of nitrogens with zero attached hydrogens (tertiary/aromatic N) is 1. The fourth-order valence-electron chi connectivity index (χ4n) is 1.45. The van der Waals surface area contributed by atoms with E-state index in [2.05, 4.69) is 38.4 Å². The van der Waals surface area contributed by atoms with Crippen LogP contribution >= 0.6 is 27.3 Å². The number of ether oxygens (including phenoxy) is 1. The molecule has 0 N–H and O–H groups in total. The van der Waals surface area contributed by atoms with Crippen LogP contribution < -0.4 is 0 Å². The third-order valence-corrected chi connectivity index (χ3v) is 3.86. The van der Waals surface area contributed by atoms with Gasteiger partial charge in [0.05, 0.1) is 17.3 Å². The van der Waals surface area contributed by atoms with Crippen LogP contribution in [0, 0.1) is 0 Å². The third kappa shape index (κ3) is 2.90. The van der Waals surface area contributed by atoms with Gasteiger partial charge in [-0.2, -0.15) is 0 Å². The average molecular weight is 298 g/mol. The molecular weight excluding hydrogens is 286 g/mol. The predicted molar refractivity (Wildman–Crippen MR) is 69.8 cm³/mol. The Balaban J connectivity index is 2.11. The SMILES string of the molecule is COCc1csc(Cc2ccccc2Br)n1. The van der Waals surface area contributed by atoms with Crippen LogP contribution in [0.1, 0.15) is 16.3 Å². The normalized spacial score (nSPS) is 10.6. The quantitative estimate of drug-likeness (QED) is 0.859. The molecule has 0 saturated carbocycles. The van der Waals surface area contributed by atoms with Crippen molar-refractivity contribution in [3.63, 3.8) is 0 Å². The Morgan fingerprint density at radius 3 is 2.94 bits per heavy atom. The number of methoxy groups -OCH3 is 1. The topological polar surface area (TPSA) is 22.1 Å². The van der Waals surface area contributed by atoms with Crippen LogP contribution in [0.4, 0.5) is 0 Å². The molecule has 1 heterocycles. The maximum absolute atomic E-state index is 5.05. The van der Waals surface area contributed by atoms with Gasteiger partial charge in [-0.1, -0.05) is 34.1 Å². The number of halogens is 1. The largest absolute Gasteiger partial charge is 0.378 e. The van der Waals surface area contributed by atoms with Gasteiger partial charge in [-0.15, -0.1) is 11.3 Å².